The van der Waals surface area contributed by atoms with Gasteiger partial charge in [-0.1, -0.05) is 0 Å². The zero-order chi connectivity index (χ0) is 22.2. The number of H-pyrrole nitrogens is 1. The van der Waals surface area contributed by atoms with Crippen molar-refractivity contribution in [2.45, 2.75) is 24.6 Å². The van der Waals surface area contributed by atoms with Gasteiger partial charge in [0.25, 0.3) is 5.56 Å². The van der Waals surface area contributed by atoms with E-state index in [0.717, 1.165) is 16.8 Å². The molecular weight excluding hydrogens is 488 g/mol. The molecule has 1 fully saturated rings. The Hall–Kier alpha value is -0.640. The molecule has 0 aliphatic carbocycles. The van der Waals surface area contributed by atoms with Gasteiger partial charge in [0.05, 0.1) is 6.61 Å². The molecule has 0 bridgehead atoms. The molecule has 15 nitrogen and oxygen atoms in total. The second-order valence-corrected chi connectivity index (χ2v) is 10.2. The van der Waals surface area contributed by atoms with E-state index in [9.17, 15) is 32.9 Å². The number of hydrogen-bond donors (Lipinski definition) is 6. The van der Waals surface area contributed by atoms with Crippen LogP contribution in [0.3, 0.4) is 0 Å². The number of aliphatic hydroxyl groups is 1. The molecule has 6 N–H and O–H groups in total. The lowest BCUT2D eigenvalue weighted by Gasteiger charge is -2.19. The van der Waals surface area contributed by atoms with Crippen LogP contribution in [-0.2, 0) is 31.6 Å². The van der Waals surface area contributed by atoms with E-state index in [1.165, 1.54) is 0 Å². The summed E-state index contributed by atoms with van der Waals surface area (Å²) in [6.07, 6.45) is -6.09. The molecule has 1 aromatic heterocycles. The van der Waals surface area contributed by atoms with Crippen molar-refractivity contribution in [2.75, 3.05) is 6.61 Å². The van der Waals surface area contributed by atoms with Crippen LogP contribution >= 0.6 is 35.7 Å². The predicted molar refractivity (Wildman–Crippen MR) is 90.5 cm³/mol. The summed E-state index contributed by atoms with van der Waals surface area (Å²) in [6.45, 7) is -1.10. The molecule has 0 spiro atoms. The normalized spacial score (nSPS) is 29.3. The zero-order valence-corrected chi connectivity index (χ0v) is 17.2. The molecule has 29 heavy (non-hydrogen) atoms. The SMILES string of the molecule is O=c1ccn([C@@H]2O[C@H](COP(=O)(O)OP(=O)(O)OP(=O)(O)O)[C@H](F)C2O)c(=S)[nH]1. The Balaban J connectivity index is 2.06. The summed E-state index contributed by atoms with van der Waals surface area (Å²) >= 11 is 4.85. The zero-order valence-electron chi connectivity index (χ0n) is 13.7. The van der Waals surface area contributed by atoms with E-state index in [4.69, 9.17) is 31.6 Å². The van der Waals surface area contributed by atoms with Crippen molar-refractivity contribution >= 4 is 35.7 Å². The van der Waals surface area contributed by atoms with E-state index in [1.54, 1.807) is 0 Å². The average Bonchev–Trinajstić information content (AvgIpc) is 2.78. The fraction of sp³-hybridized carbons (Fsp3) is 0.556. The summed E-state index contributed by atoms with van der Waals surface area (Å²) < 4.78 is 64.9. The number of aliphatic hydroxyl groups excluding tert-OH is 1. The summed E-state index contributed by atoms with van der Waals surface area (Å²) in [5, 5.41) is 9.95. The van der Waals surface area contributed by atoms with E-state index < -0.39 is 60.2 Å². The monoisotopic (exact) mass is 502 g/mol. The number of nitrogens with zero attached hydrogens (tertiary/aromatic N) is 1. The highest BCUT2D eigenvalue weighted by molar-refractivity contribution is 7.71. The van der Waals surface area contributed by atoms with Crippen LogP contribution in [0.15, 0.2) is 17.1 Å². The summed E-state index contributed by atoms with van der Waals surface area (Å²) in [5.74, 6) is 0. The molecule has 0 saturated carbocycles. The molecule has 2 heterocycles. The minimum absolute atomic E-state index is 0.220. The molecule has 1 aliphatic rings. The van der Waals surface area contributed by atoms with Crippen LogP contribution in [0.4, 0.5) is 4.39 Å². The van der Waals surface area contributed by atoms with Gasteiger partial charge in [0.15, 0.2) is 17.2 Å². The molecule has 20 heteroatoms. The largest absolute Gasteiger partial charge is 0.490 e. The van der Waals surface area contributed by atoms with Crippen LogP contribution in [0.1, 0.15) is 6.23 Å². The Labute approximate surface area is 165 Å². The first-order valence-electron chi connectivity index (χ1n) is 7.18. The molecular formula is C9H14FN2O13P3S. The van der Waals surface area contributed by atoms with Gasteiger partial charge in [0.1, 0.15) is 12.2 Å². The number of hydrogen-bond acceptors (Lipinski definition) is 10. The van der Waals surface area contributed by atoms with Gasteiger partial charge >= 0.3 is 23.5 Å². The molecule has 1 saturated heterocycles. The number of nitrogens with one attached hydrogen (secondary N) is 1. The minimum Gasteiger partial charge on any atom is -0.385 e. The Morgan fingerprint density at radius 3 is 2.38 bits per heavy atom. The highest BCUT2D eigenvalue weighted by atomic mass is 32.1. The van der Waals surface area contributed by atoms with Gasteiger partial charge in [-0.2, -0.15) is 8.62 Å². The van der Waals surface area contributed by atoms with Crippen molar-refractivity contribution in [3.63, 3.8) is 0 Å². The molecule has 0 aromatic carbocycles. The molecule has 3 unspecified atom stereocenters. The highest BCUT2D eigenvalue weighted by Crippen LogP contribution is 2.66. The quantitative estimate of drug-likeness (QED) is 0.201. The molecule has 166 valence electrons. The minimum atomic E-state index is -5.73. The fourth-order valence-corrected chi connectivity index (χ4v) is 5.47. The van der Waals surface area contributed by atoms with Crippen molar-refractivity contribution in [3.8, 4) is 0 Å². The lowest BCUT2D eigenvalue weighted by molar-refractivity contribution is -0.0521. The smallest absolute Gasteiger partial charge is 0.385 e. The maximum absolute atomic E-state index is 14.2. The third-order valence-electron chi connectivity index (χ3n) is 3.23. The third-order valence-corrected chi connectivity index (χ3v) is 7.35. The van der Waals surface area contributed by atoms with Crippen molar-refractivity contribution in [2.24, 2.45) is 0 Å². The Morgan fingerprint density at radius 1 is 1.21 bits per heavy atom. The lowest BCUT2D eigenvalue weighted by atomic mass is 10.1. The maximum Gasteiger partial charge on any atom is 0.490 e. The highest BCUT2D eigenvalue weighted by Gasteiger charge is 2.47. The Kier molecular flexibility index (Phi) is 7.51. The molecule has 0 amide bonds. The van der Waals surface area contributed by atoms with E-state index in [0.29, 0.717) is 0 Å². The van der Waals surface area contributed by atoms with Gasteiger partial charge in [-0.25, -0.2) is 18.1 Å². The van der Waals surface area contributed by atoms with Crippen molar-refractivity contribution in [1.82, 2.24) is 9.55 Å². The van der Waals surface area contributed by atoms with Crippen molar-refractivity contribution in [3.05, 3.63) is 27.4 Å². The topological polar surface area (TPSA) is 227 Å². The van der Waals surface area contributed by atoms with Gasteiger partial charge in [0.2, 0.25) is 0 Å². The second-order valence-electron chi connectivity index (χ2n) is 5.40. The summed E-state index contributed by atoms with van der Waals surface area (Å²) in [7, 11) is -16.8. The number of halogens is 1. The van der Waals surface area contributed by atoms with Crippen molar-refractivity contribution in [1.29, 1.82) is 0 Å². The first-order chi connectivity index (χ1) is 13.1. The molecule has 6 atom stereocenters. The van der Waals surface area contributed by atoms with Crippen LogP contribution in [0, 0.1) is 4.77 Å². The second kappa shape index (κ2) is 8.85. The van der Waals surface area contributed by atoms with E-state index in [-0.39, 0.29) is 4.77 Å². The fourth-order valence-electron chi connectivity index (χ4n) is 2.17. The van der Waals surface area contributed by atoms with Gasteiger partial charge in [-0.15, -0.1) is 0 Å². The number of phosphoric ester groups is 1. The van der Waals surface area contributed by atoms with Crippen LogP contribution in [0.5, 0.6) is 0 Å². The Morgan fingerprint density at radius 2 is 1.83 bits per heavy atom. The summed E-state index contributed by atoms with van der Waals surface area (Å²) in [4.78, 5) is 48.6. The van der Waals surface area contributed by atoms with Crippen LogP contribution in [0.2, 0.25) is 0 Å². The molecule has 1 aromatic rings. The number of ether oxygens (including phenoxy) is 1. The molecule has 0 radical (unpaired) electrons. The number of rotatable bonds is 8. The maximum atomic E-state index is 14.2. The standard InChI is InChI=1S/C9H14FN2O13P3S/c10-6-4(3-22-27(18,19)25-28(20,21)24-26(15,16)17)23-8(7(6)14)12-2-1-5(13)11-9(12)29/h1-2,4,6-8,14H,3H2,(H,18,19)(H,20,21)(H,11,13,29)(H2,15,16,17)/t4-,6+,7?,8-/m1/s1. The number of aromatic nitrogens is 2. The van der Waals surface area contributed by atoms with Gasteiger partial charge in [-0.3, -0.25) is 18.9 Å². The summed E-state index contributed by atoms with van der Waals surface area (Å²) in [6, 6.07) is 1.01. The van der Waals surface area contributed by atoms with Crippen molar-refractivity contribution < 1.29 is 60.6 Å². The van der Waals surface area contributed by atoms with Crippen LogP contribution in [0.25, 0.3) is 0 Å². The van der Waals surface area contributed by atoms with Crippen LogP contribution in [-0.4, -0.2) is 59.2 Å². The van der Waals surface area contributed by atoms with E-state index in [1.807, 2.05) is 0 Å². The van der Waals surface area contributed by atoms with E-state index >= 15 is 0 Å². The number of alkyl halides is 1. The first-order valence-corrected chi connectivity index (χ1v) is 12.1. The molecule has 2 rings (SSSR count). The number of phosphoric acid groups is 3. The first kappa shape index (κ1) is 24.6. The summed E-state index contributed by atoms with van der Waals surface area (Å²) in [5.41, 5.74) is -0.570. The molecule has 1 aliphatic heterocycles. The number of aromatic amines is 1. The Bertz CT molecular complexity index is 1010. The lowest BCUT2D eigenvalue weighted by Crippen LogP contribution is -2.30. The average molecular weight is 502 g/mol. The van der Waals surface area contributed by atoms with E-state index in [2.05, 4.69) is 18.1 Å². The predicted octanol–water partition coefficient (Wildman–Crippen LogP) is -0.154. The van der Waals surface area contributed by atoms with Gasteiger partial charge in [-0.05, 0) is 12.2 Å². The van der Waals surface area contributed by atoms with Crippen LogP contribution < -0.4 is 5.56 Å². The van der Waals surface area contributed by atoms with Gasteiger partial charge in [0, 0.05) is 12.3 Å². The third kappa shape index (κ3) is 6.94. The van der Waals surface area contributed by atoms with Gasteiger partial charge < -0.3 is 29.4 Å².